The molecule has 5 heteroatoms. The molecular formula is C26H26N2O2S. The molecule has 3 aromatic rings. The minimum Gasteiger partial charge on any atom is -0.346 e. The molecule has 4 nitrogen and oxygen atoms in total. The van der Waals surface area contributed by atoms with E-state index in [1.165, 1.54) is 5.56 Å². The Bertz CT molecular complexity index is 1020. The van der Waals surface area contributed by atoms with E-state index in [0.29, 0.717) is 17.9 Å². The molecule has 0 bridgehead atoms. The third kappa shape index (κ3) is 5.17. The Morgan fingerprint density at radius 1 is 1.00 bits per heavy atom. The highest BCUT2D eigenvalue weighted by molar-refractivity contribution is 8.00. The molecule has 3 aromatic carbocycles. The summed E-state index contributed by atoms with van der Waals surface area (Å²) < 4.78 is 0. The highest BCUT2D eigenvalue weighted by atomic mass is 32.2. The molecule has 1 aliphatic heterocycles. The fourth-order valence-corrected chi connectivity index (χ4v) is 4.99. The molecule has 0 saturated carbocycles. The molecule has 1 fully saturated rings. The first-order valence-electron chi connectivity index (χ1n) is 10.5. The summed E-state index contributed by atoms with van der Waals surface area (Å²) in [6.07, 6.45) is 0.835. The van der Waals surface area contributed by atoms with Crippen molar-refractivity contribution in [2.45, 2.75) is 24.8 Å². The first-order chi connectivity index (χ1) is 15.1. The molecular weight excluding hydrogens is 404 g/mol. The third-order valence-electron chi connectivity index (χ3n) is 5.56. The highest BCUT2D eigenvalue weighted by Crippen LogP contribution is 2.38. The van der Waals surface area contributed by atoms with Crippen molar-refractivity contribution in [3.8, 4) is 0 Å². The molecule has 0 aromatic heterocycles. The zero-order chi connectivity index (χ0) is 21.6. The normalized spacial score (nSPS) is 16.9. The van der Waals surface area contributed by atoms with E-state index < -0.39 is 0 Å². The molecule has 1 N–H and O–H groups in total. The number of rotatable bonds is 7. The van der Waals surface area contributed by atoms with Crippen molar-refractivity contribution in [1.29, 1.82) is 0 Å². The average Bonchev–Trinajstić information content (AvgIpc) is 3.19. The molecule has 0 spiro atoms. The lowest BCUT2D eigenvalue weighted by molar-refractivity contribution is -0.128. The lowest BCUT2D eigenvalue weighted by Gasteiger charge is -2.24. The van der Waals surface area contributed by atoms with Crippen LogP contribution in [0.25, 0.3) is 0 Å². The van der Waals surface area contributed by atoms with Crippen LogP contribution in [0.15, 0.2) is 84.9 Å². The lowest BCUT2D eigenvalue weighted by Crippen LogP contribution is -2.30. The van der Waals surface area contributed by atoms with Crippen LogP contribution in [-0.2, 0) is 11.2 Å². The number of benzene rings is 3. The van der Waals surface area contributed by atoms with Crippen molar-refractivity contribution < 1.29 is 9.59 Å². The topological polar surface area (TPSA) is 49.4 Å². The van der Waals surface area contributed by atoms with Gasteiger partial charge in [-0.3, -0.25) is 9.59 Å². The van der Waals surface area contributed by atoms with Gasteiger partial charge < -0.3 is 10.2 Å². The first kappa shape index (κ1) is 21.2. The van der Waals surface area contributed by atoms with E-state index in [4.69, 9.17) is 0 Å². The maximum Gasteiger partial charge on any atom is 0.251 e. The number of carbonyl (C=O) groups excluding carboxylic acids is 2. The first-order valence-corrected chi connectivity index (χ1v) is 11.6. The number of nitrogens with zero attached hydrogens (tertiary/aromatic N) is 1. The van der Waals surface area contributed by atoms with E-state index in [-0.39, 0.29) is 23.2 Å². The monoisotopic (exact) mass is 430 g/mol. The smallest absolute Gasteiger partial charge is 0.251 e. The molecule has 0 radical (unpaired) electrons. The Balaban J connectivity index is 1.40. The molecule has 2 amide bonds. The van der Waals surface area contributed by atoms with Gasteiger partial charge in [0.25, 0.3) is 5.91 Å². The van der Waals surface area contributed by atoms with Crippen LogP contribution < -0.4 is 5.32 Å². The van der Waals surface area contributed by atoms with Crippen LogP contribution in [0.1, 0.15) is 45.4 Å². The maximum atomic E-state index is 12.7. The quantitative estimate of drug-likeness (QED) is 0.574. The van der Waals surface area contributed by atoms with Crippen molar-refractivity contribution in [3.05, 3.63) is 107 Å². The van der Waals surface area contributed by atoms with Crippen molar-refractivity contribution in [3.63, 3.8) is 0 Å². The summed E-state index contributed by atoms with van der Waals surface area (Å²) in [5.41, 5.74) is 3.97. The van der Waals surface area contributed by atoms with E-state index in [1.807, 2.05) is 84.6 Å². The molecule has 4 rings (SSSR count). The fraction of sp³-hybridized carbons (Fsp3) is 0.231. The van der Waals surface area contributed by atoms with Crippen LogP contribution in [-0.4, -0.2) is 29.0 Å². The molecule has 1 aliphatic rings. The van der Waals surface area contributed by atoms with Crippen LogP contribution in [0.5, 0.6) is 0 Å². The second kappa shape index (κ2) is 9.84. The number of hydrogen-bond donors (Lipinski definition) is 1. The Morgan fingerprint density at radius 3 is 2.32 bits per heavy atom. The number of carbonyl (C=O) groups is 2. The summed E-state index contributed by atoms with van der Waals surface area (Å²) in [5, 5.41) is 3.04. The Morgan fingerprint density at radius 2 is 1.65 bits per heavy atom. The molecule has 0 aliphatic carbocycles. The average molecular weight is 431 g/mol. The summed E-state index contributed by atoms with van der Waals surface area (Å²) >= 11 is 1.64. The van der Waals surface area contributed by atoms with Gasteiger partial charge in [-0.15, -0.1) is 11.8 Å². The molecule has 2 atom stereocenters. The minimum atomic E-state index is -0.0982. The van der Waals surface area contributed by atoms with Crippen LogP contribution in [0, 0.1) is 0 Å². The van der Waals surface area contributed by atoms with E-state index in [2.05, 4.69) is 17.4 Å². The summed E-state index contributed by atoms with van der Waals surface area (Å²) in [7, 11) is 0. The number of hydrogen-bond acceptors (Lipinski definition) is 3. The van der Waals surface area contributed by atoms with Gasteiger partial charge in [0.05, 0.1) is 11.8 Å². The van der Waals surface area contributed by atoms with Gasteiger partial charge in [-0.1, -0.05) is 72.8 Å². The van der Waals surface area contributed by atoms with Crippen LogP contribution in [0.2, 0.25) is 0 Å². The van der Waals surface area contributed by atoms with Gasteiger partial charge in [-0.2, -0.15) is 0 Å². The van der Waals surface area contributed by atoms with Crippen LogP contribution >= 0.6 is 11.8 Å². The van der Waals surface area contributed by atoms with Crippen molar-refractivity contribution in [2.24, 2.45) is 0 Å². The van der Waals surface area contributed by atoms with Gasteiger partial charge in [0.1, 0.15) is 5.37 Å². The van der Waals surface area contributed by atoms with E-state index in [9.17, 15) is 9.59 Å². The summed E-state index contributed by atoms with van der Waals surface area (Å²) in [6.45, 7) is 2.67. The van der Waals surface area contributed by atoms with Crippen molar-refractivity contribution >= 4 is 23.6 Å². The van der Waals surface area contributed by atoms with E-state index in [1.54, 1.807) is 11.8 Å². The Labute approximate surface area is 187 Å². The molecule has 1 saturated heterocycles. The fourth-order valence-electron chi connectivity index (χ4n) is 3.77. The van der Waals surface area contributed by atoms with Crippen LogP contribution in [0.3, 0.4) is 0 Å². The summed E-state index contributed by atoms with van der Waals surface area (Å²) in [6, 6.07) is 27.7. The number of amides is 2. The summed E-state index contributed by atoms with van der Waals surface area (Å²) in [5.74, 6) is 0.569. The SMILES string of the molecule is CC(NC(=O)c1ccc(C2SCC(=O)N2CCc2ccccc2)cc1)c1ccccc1. The molecule has 31 heavy (non-hydrogen) atoms. The zero-order valence-corrected chi connectivity index (χ0v) is 18.3. The van der Waals surface area contributed by atoms with Gasteiger partial charge in [0, 0.05) is 12.1 Å². The molecule has 2 unspecified atom stereocenters. The van der Waals surface area contributed by atoms with Gasteiger partial charge in [0.2, 0.25) is 5.91 Å². The van der Waals surface area contributed by atoms with Gasteiger partial charge in [-0.25, -0.2) is 0 Å². The second-order valence-electron chi connectivity index (χ2n) is 7.71. The van der Waals surface area contributed by atoms with Gasteiger partial charge in [-0.05, 0) is 42.2 Å². The Kier molecular flexibility index (Phi) is 6.73. The Hall–Kier alpha value is -3.05. The largest absolute Gasteiger partial charge is 0.346 e. The predicted octanol–water partition coefficient (Wildman–Crippen LogP) is 4.99. The van der Waals surface area contributed by atoms with E-state index >= 15 is 0 Å². The van der Waals surface area contributed by atoms with Crippen LogP contribution in [0.4, 0.5) is 0 Å². The number of thioether (sulfide) groups is 1. The van der Waals surface area contributed by atoms with Gasteiger partial charge in [0.15, 0.2) is 0 Å². The van der Waals surface area contributed by atoms with E-state index in [0.717, 1.165) is 17.5 Å². The van der Waals surface area contributed by atoms with Crippen molar-refractivity contribution in [1.82, 2.24) is 10.2 Å². The number of nitrogens with one attached hydrogen (secondary N) is 1. The minimum absolute atomic E-state index is 0.00318. The molecule has 158 valence electrons. The predicted molar refractivity (Wildman–Crippen MR) is 126 cm³/mol. The maximum absolute atomic E-state index is 12.7. The summed E-state index contributed by atoms with van der Waals surface area (Å²) in [4.78, 5) is 27.1. The zero-order valence-electron chi connectivity index (χ0n) is 17.5. The van der Waals surface area contributed by atoms with Crippen molar-refractivity contribution in [2.75, 3.05) is 12.3 Å². The lowest BCUT2D eigenvalue weighted by atomic mass is 10.1. The van der Waals surface area contributed by atoms with Gasteiger partial charge >= 0.3 is 0 Å². The highest BCUT2D eigenvalue weighted by Gasteiger charge is 2.32. The second-order valence-corrected chi connectivity index (χ2v) is 8.78. The third-order valence-corrected chi connectivity index (χ3v) is 6.81. The molecule has 1 heterocycles. The standard InChI is InChI=1S/C26H26N2O2S/c1-19(21-10-6-3-7-11-21)27-25(30)22-12-14-23(15-13-22)26-28(24(29)18-31-26)17-16-20-8-4-2-5-9-20/h2-15,19,26H,16-18H2,1H3,(H,27,30).